The molecule has 1 atom stereocenters. The Bertz CT molecular complexity index is 580. The fraction of sp³-hybridized carbons (Fsp3) is 0.286. The minimum atomic E-state index is -0.238. The number of nitrogens with one attached hydrogen (secondary N) is 1. The van der Waals surface area contributed by atoms with Gasteiger partial charge in [-0.25, -0.2) is 4.98 Å². The van der Waals surface area contributed by atoms with E-state index < -0.39 is 0 Å². The van der Waals surface area contributed by atoms with E-state index in [4.69, 9.17) is 10.5 Å². The van der Waals surface area contributed by atoms with Crippen LogP contribution < -0.4 is 15.8 Å². The molecule has 6 heteroatoms. The third kappa shape index (κ3) is 3.96. The molecule has 0 fully saturated rings. The number of nitrogens with two attached hydrogens (primary N) is 1. The van der Waals surface area contributed by atoms with Gasteiger partial charge in [-0.2, -0.15) is 0 Å². The Morgan fingerprint density at radius 3 is 2.75 bits per heavy atom. The number of amides is 1. The van der Waals surface area contributed by atoms with Crippen LogP contribution in [-0.4, -0.2) is 23.5 Å². The molecule has 0 bridgehead atoms. The Morgan fingerprint density at radius 1 is 1.45 bits per heavy atom. The molecule has 0 saturated carbocycles. The summed E-state index contributed by atoms with van der Waals surface area (Å²) in [5, 5.41) is 4.84. The summed E-state index contributed by atoms with van der Waals surface area (Å²) < 4.78 is 5.61. The van der Waals surface area contributed by atoms with Crippen LogP contribution in [0, 0.1) is 6.92 Å². The number of rotatable bonds is 5. The molecule has 2 aromatic rings. The van der Waals surface area contributed by atoms with E-state index in [2.05, 4.69) is 10.3 Å². The highest BCUT2D eigenvalue weighted by atomic mass is 32.1. The highest BCUT2D eigenvalue weighted by molar-refractivity contribution is 7.13. The van der Waals surface area contributed by atoms with Crippen molar-refractivity contribution in [2.75, 3.05) is 12.3 Å². The van der Waals surface area contributed by atoms with Gasteiger partial charge in [0.25, 0.3) is 5.91 Å². The van der Waals surface area contributed by atoms with Crippen LogP contribution in [0.1, 0.15) is 23.0 Å². The summed E-state index contributed by atoms with van der Waals surface area (Å²) in [7, 11) is 0. The molecule has 0 aliphatic carbocycles. The lowest BCUT2D eigenvalue weighted by atomic mass is 10.2. The van der Waals surface area contributed by atoms with Crippen LogP contribution in [0.4, 0.5) is 5.13 Å². The molecule has 2 rings (SSSR count). The molecule has 1 aromatic carbocycles. The van der Waals surface area contributed by atoms with E-state index >= 15 is 0 Å². The first-order valence-corrected chi connectivity index (χ1v) is 7.14. The fourth-order valence-electron chi connectivity index (χ4n) is 1.59. The quantitative estimate of drug-likeness (QED) is 0.885. The molecule has 0 radical (unpaired) electrons. The zero-order chi connectivity index (χ0) is 14.5. The van der Waals surface area contributed by atoms with Crippen LogP contribution in [0.3, 0.4) is 0 Å². The lowest BCUT2D eigenvalue weighted by molar-refractivity contribution is 0.0922. The SMILES string of the molecule is Cc1ccc(OCC(C)NC(=O)c2csc(N)n2)cc1. The largest absolute Gasteiger partial charge is 0.491 e. The Hall–Kier alpha value is -2.08. The maximum atomic E-state index is 11.8. The highest BCUT2D eigenvalue weighted by Gasteiger charge is 2.13. The third-order valence-electron chi connectivity index (χ3n) is 2.65. The minimum absolute atomic E-state index is 0.119. The first kappa shape index (κ1) is 14.3. The van der Waals surface area contributed by atoms with Gasteiger partial charge in [0.15, 0.2) is 5.13 Å². The molecule has 0 spiro atoms. The summed E-state index contributed by atoms with van der Waals surface area (Å²) in [6.45, 7) is 4.29. The van der Waals surface area contributed by atoms with Gasteiger partial charge in [0.2, 0.25) is 0 Å². The fourth-order valence-corrected chi connectivity index (χ4v) is 2.13. The Labute approximate surface area is 121 Å². The van der Waals surface area contributed by atoms with Crippen LogP contribution in [0.25, 0.3) is 0 Å². The molecule has 1 amide bonds. The van der Waals surface area contributed by atoms with Gasteiger partial charge in [-0.1, -0.05) is 17.7 Å². The molecule has 0 aliphatic rings. The number of hydrogen-bond donors (Lipinski definition) is 2. The lowest BCUT2D eigenvalue weighted by Gasteiger charge is -2.14. The Morgan fingerprint density at radius 2 is 2.15 bits per heavy atom. The monoisotopic (exact) mass is 291 g/mol. The number of benzene rings is 1. The summed E-state index contributed by atoms with van der Waals surface area (Å²) in [6.07, 6.45) is 0. The standard InChI is InChI=1S/C14H17N3O2S/c1-9-3-5-11(6-4-9)19-7-10(2)16-13(18)12-8-20-14(15)17-12/h3-6,8,10H,7H2,1-2H3,(H2,15,17)(H,16,18). The average Bonchev–Trinajstić information content (AvgIpc) is 2.85. The second kappa shape index (κ2) is 6.38. The summed E-state index contributed by atoms with van der Waals surface area (Å²) in [5.74, 6) is 0.549. The predicted octanol–water partition coefficient (Wildman–Crippen LogP) is 2.23. The molecular formula is C14H17N3O2S. The van der Waals surface area contributed by atoms with Crippen LogP contribution >= 0.6 is 11.3 Å². The van der Waals surface area contributed by atoms with E-state index in [1.54, 1.807) is 5.38 Å². The van der Waals surface area contributed by atoms with Crippen molar-refractivity contribution in [3.05, 3.63) is 40.9 Å². The van der Waals surface area contributed by atoms with Gasteiger partial charge in [0.05, 0.1) is 6.04 Å². The summed E-state index contributed by atoms with van der Waals surface area (Å²) in [4.78, 5) is 15.8. The number of thiazole rings is 1. The van der Waals surface area contributed by atoms with Crippen LogP contribution in [0.5, 0.6) is 5.75 Å². The van der Waals surface area contributed by atoms with Gasteiger partial charge in [-0.3, -0.25) is 4.79 Å². The number of ether oxygens (including phenoxy) is 1. The van der Waals surface area contributed by atoms with Crippen molar-refractivity contribution in [1.82, 2.24) is 10.3 Å². The average molecular weight is 291 g/mol. The van der Waals surface area contributed by atoms with Crippen molar-refractivity contribution in [2.45, 2.75) is 19.9 Å². The van der Waals surface area contributed by atoms with Gasteiger partial charge in [0, 0.05) is 5.38 Å². The minimum Gasteiger partial charge on any atom is -0.491 e. The summed E-state index contributed by atoms with van der Waals surface area (Å²) in [6, 6.07) is 7.66. The number of aryl methyl sites for hydroxylation is 1. The van der Waals surface area contributed by atoms with Gasteiger partial charge in [0.1, 0.15) is 18.1 Å². The van der Waals surface area contributed by atoms with Crippen LogP contribution in [0.15, 0.2) is 29.6 Å². The number of carbonyl (C=O) groups excluding carboxylic acids is 1. The molecule has 20 heavy (non-hydrogen) atoms. The van der Waals surface area contributed by atoms with Crippen LogP contribution in [-0.2, 0) is 0 Å². The normalized spacial score (nSPS) is 11.9. The van der Waals surface area contributed by atoms with Crippen molar-refractivity contribution in [1.29, 1.82) is 0 Å². The van der Waals surface area contributed by atoms with Gasteiger partial charge in [-0.15, -0.1) is 11.3 Å². The van der Waals surface area contributed by atoms with E-state index in [-0.39, 0.29) is 11.9 Å². The molecule has 0 saturated heterocycles. The first-order chi connectivity index (χ1) is 9.54. The predicted molar refractivity (Wildman–Crippen MR) is 80.1 cm³/mol. The van der Waals surface area contributed by atoms with Crippen molar-refractivity contribution < 1.29 is 9.53 Å². The van der Waals surface area contributed by atoms with Crippen molar-refractivity contribution in [3.63, 3.8) is 0 Å². The van der Waals surface area contributed by atoms with Crippen molar-refractivity contribution in [3.8, 4) is 5.75 Å². The van der Waals surface area contributed by atoms with Gasteiger partial charge in [-0.05, 0) is 26.0 Å². The maximum Gasteiger partial charge on any atom is 0.271 e. The van der Waals surface area contributed by atoms with E-state index in [0.29, 0.717) is 17.4 Å². The molecule has 0 aliphatic heterocycles. The summed E-state index contributed by atoms with van der Waals surface area (Å²) >= 11 is 1.25. The number of nitrogen functional groups attached to an aromatic ring is 1. The van der Waals surface area contributed by atoms with Gasteiger partial charge >= 0.3 is 0 Å². The van der Waals surface area contributed by atoms with E-state index in [9.17, 15) is 4.79 Å². The molecule has 1 aromatic heterocycles. The molecule has 1 unspecified atom stereocenters. The van der Waals surface area contributed by atoms with E-state index in [1.165, 1.54) is 16.9 Å². The number of nitrogens with zero attached hydrogens (tertiary/aromatic N) is 1. The number of carbonyl (C=O) groups is 1. The van der Waals surface area contributed by atoms with Gasteiger partial charge < -0.3 is 15.8 Å². The second-order valence-corrected chi connectivity index (χ2v) is 5.46. The molecule has 1 heterocycles. The molecule has 106 valence electrons. The first-order valence-electron chi connectivity index (χ1n) is 6.26. The second-order valence-electron chi connectivity index (χ2n) is 4.57. The number of anilines is 1. The van der Waals surface area contributed by atoms with Crippen LogP contribution in [0.2, 0.25) is 0 Å². The van der Waals surface area contributed by atoms with E-state index in [1.807, 2.05) is 38.1 Å². The Balaban J connectivity index is 1.82. The smallest absolute Gasteiger partial charge is 0.271 e. The summed E-state index contributed by atoms with van der Waals surface area (Å²) in [5.41, 5.74) is 7.02. The number of hydrogen-bond acceptors (Lipinski definition) is 5. The topological polar surface area (TPSA) is 77.2 Å². The molecule has 5 nitrogen and oxygen atoms in total. The Kier molecular flexibility index (Phi) is 4.57. The number of aromatic nitrogens is 1. The maximum absolute atomic E-state index is 11.8. The van der Waals surface area contributed by atoms with Crippen molar-refractivity contribution in [2.24, 2.45) is 0 Å². The third-order valence-corrected chi connectivity index (χ3v) is 3.33. The zero-order valence-corrected chi connectivity index (χ0v) is 12.2. The molecular weight excluding hydrogens is 274 g/mol. The zero-order valence-electron chi connectivity index (χ0n) is 11.4. The van der Waals surface area contributed by atoms with E-state index in [0.717, 1.165) is 5.75 Å². The molecule has 3 N–H and O–H groups in total. The lowest BCUT2D eigenvalue weighted by Crippen LogP contribution is -2.36. The van der Waals surface area contributed by atoms with Crippen molar-refractivity contribution >= 4 is 22.4 Å². The highest BCUT2D eigenvalue weighted by Crippen LogP contribution is 2.12.